The number of nitrogens with zero attached hydrogens (tertiary/aromatic N) is 1. The molecule has 128 valence electrons. The summed E-state index contributed by atoms with van der Waals surface area (Å²) >= 11 is 0. The van der Waals surface area contributed by atoms with E-state index < -0.39 is 10.0 Å². The van der Waals surface area contributed by atoms with Gasteiger partial charge in [-0.1, -0.05) is 6.07 Å². The number of carbonyl (C=O) groups is 1. The molecular formula is C15H23N3O4S. The molecule has 2 N–H and O–H groups in total. The summed E-state index contributed by atoms with van der Waals surface area (Å²) < 4.78 is 31.0. The van der Waals surface area contributed by atoms with Crippen molar-refractivity contribution >= 4 is 15.9 Å². The second-order valence-corrected chi connectivity index (χ2v) is 7.19. The largest absolute Gasteiger partial charge is 0.379 e. The Bertz CT molecular complexity index is 627. The fourth-order valence-corrected chi connectivity index (χ4v) is 3.13. The minimum atomic E-state index is -3.54. The molecule has 1 aliphatic rings. The van der Waals surface area contributed by atoms with Crippen LogP contribution >= 0.6 is 0 Å². The number of hydrogen-bond donors (Lipinski definition) is 2. The van der Waals surface area contributed by atoms with Crippen LogP contribution in [0.5, 0.6) is 0 Å². The van der Waals surface area contributed by atoms with Crippen LogP contribution in [0.4, 0.5) is 0 Å². The fourth-order valence-electron chi connectivity index (χ4n) is 2.35. The van der Waals surface area contributed by atoms with Gasteiger partial charge in [0, 0.05) is 25.2 Å². The highest BCUT2D eigenvalue weighted by Crippen LogP contribution is 2.11. The standard InChI is InChI=1S/C15H23N3O4S/c1-16-23(20,21)14-5-2-4-13(12-14)15(19)17-6-3-7-18-8-10-22-11-9-18/h2,4-5,12,16H,3,6-11H2,1H3,(H,17,19). The number of sulfonamides is 1. The zero-order valence-electron chi connectivity index (χ0n) is 13.2. The Morgan fingerprint density at radius 3 is 2.74 bits per heavy atom. The van der Waals surface area contributed by atoms with Crippen LogP contribution in [0.15, 0.2) is 29.2 Å². The molecule has 1 aromatic carbocycles. The van der Waals surface area contributed by atoms with Gasteiger partial charge in [0.1, 0.15) is 0 Å². The fraction of sp³-hybridized carbons (Fsp3) is 0.533. The maximum absolute atomic E-state index is 12.1. The molecule has 0 saturated carbocycles. The SMILES string of the molecule is CNS(=O)(=O)c1cccc(C(=O)NCCCN2CCOCC2)c1. The lowest BCUT2D eigenvalue weighted by Gasteiger charge is -2.26. The zero-order chi connectivity index (χ0) is 16.7. The highest BCUT2D eigenvalue weighted by molar-refractivity contribution is 7.89. The maximum atomic E-state index is 12.1. The molecular weight excluding hydrogens is 318 g/mol. The van der Waals surface area contributed by atoms with E-state index in [1.165, 1.54) is 19.2 Å². The molecule has 0 bridgehead atoms. The molecule has 2 rings (SSSR count). The van der Waals surface area contributed by atoms with Gasteiger partial charge in [-0.15, -0.1) is 0 Å². The molecule has 1 aliphatic heterocycles. The van der Waals surface area contributed by atoms with Crippen molar-refractivity contribution in [2.45, 2.75) is 11.3 Å². The van der Waals surface area contributed by atoms with E-state index in [9.17, 15) is 13.2 Å². The van der Waals surface area contributed by atoms with Crippen molar-refractivity contribution < 1.29 is 17.9 Å². The van der Waals surface area contributed by atoms with Crippen molar-refractivity contribution in [1.82, 2.24) is 14.9 Å². The second-order valence-electron chi connectivity index (χ2n) is 5.30. The Morgan fingerprint density at radius 2 is 2.04 bits per heavy atom. The lowest BCUT2D eigenvalue weighted by Crippen LogP contribution is -2.38. The third-order valence-electron chi connectivity index (χ3n) is 3.72. The van der Waals surface area contributed by atoms with Crippen LogP contribution in [0.2, 0.25) is 0 Å². The van der Waals surface area contributed by atoms with Gasteiger partial charge in [0.05, 0.1) is 18.1 Å². The number of morpholine rings is 1. The van der Waals surface area contributed by atoms with E-state index in [1.54, 1.807) is 12.1 Å². The monoisotopic (exact) mass is 341 g/mol. The first kappa shape index (κ1) is 17.9. The molecule has 0 atom stereocenters. The van der Waals surface area contributed by atoms with E-state index in [-0.39, 0.29) is 10.8 Å². The van der Waals surface area contributed by atoms with Gasteiger partial charge in [-0.3, -0.25) is 9.69 Å². The lowest BCUT2D eigenvalue weighted by atomic mass is 10.2. The molecule has 0 radical (unpaired) electrons. The third-order valence-corrected chi connectivity index (χ3v) is 5.13. The topological polar surface area (TPSA) is 87.7 Å². The van der Waals surface area contributed by atoms with E-state index in [0.717, 1.165) is 39.3 Å². The van der Waals surface area contributed by atoms with Gasteiger partial charge >= 0.3 is 0 Å². The molecule has 0 unspecified atom stereocenters. The summed E-state index contributed by atoms with van der Waals surface area (Å²) in [5.74, 6) is -0.264. The molecule has 0 aliphatic carbocycles. The van der Waals surface area contributed by atoms with E-state index in [0.29, 0.717) is 12.1 Å². The number of amides is 1. The summed E-state index contributed by atoms with van der Waals surface area (Å²) in [7, 11) is -2.20. The van der Waals surface area contributed by atoms with Gasteiger partial charge in [-0.05, 0) is 38.2 Å². The van der Waals surface area contributed by atoms with Crippen molar-refractivity contribution in [2.24, 2.45) is 0 Å². The van der Waals surface area contributed by atoms with Crippen LogP contribution in [-0.2, 0) is 14.8 Å². The first-order chi connectivity index (χ1) is 11.0. The Labute approximate surface area is 137 Å². The summed E-state index contributed by atoms with van der Waals surface area (Å²) in [5, 5.41) is 2.82. The minimum absolute atomic E-state index is 0.0842. The van der Waals surface area contributed by atoms with Gasteiger partial charge in [-0.2, -0.15) is 0 Å². The third kappa shape index (κ3) is 5.28. The molecule has 8 heteroatoms. The van der Waals surface area contributed by atoms with Crippen molar-refractivity contribution in [3.8, 4) is 0 Å². The smallest absolute Gasteiger partial charge is 0.251 e. The van der Waals surface area contributed by atoms with Crippen molar-refractivity contribution in [3.63, 3.8) is 0 Å². The van der Waals surface area contributed by atoms with Crippen LogP contribution < -0.4 is 10.0 Å². The Hall–Kier alpha value is -1.48. The predicted octanol–water partition coefficient (Wildman–Crippen LogP) is 0.0468. The molecule has 1 saturated heterocycles. The van der Waals surface area contributed by atoms with Crippen LogP contribution in [0, 0.1) is 0 Å². The average molecular weight is 341 g/mol. The molecule has 7 nitrogen and oxygen atoms in total. The zero-order valence-corrected chi connectivity index (χ0v) is 14.1. The highest BCUT2D eigenvalue weighted by atomic mass is 32.2. The summed E-state index contributed by atoms with van der Waals surface area (Å²) in [5.41, 5.74) is 0.340. The minimum Gasteiger partial charge on any atom is -0.379 e. The van der Waals surface area contributed by atoms with Gasteiger partial charge in [0.15, 0.2) is 0 Å². The van der Waals surface area contributed by atoms with E-state index >= 15 is 0 Å². The Kier molecular flexibility index (Phi) is 6.52. The number of carbonyl (C=O) groups excluding carboxylic acids is 1. The van der Waals surface area contributed by atoms with Crippen LogP contribution in [0.1, 0.15) is 16.8 Å². The average Bonchev–Trinajstić information content (AvgIpc) is 2.59. The van der Waals surface area contributed by atoms with Crippen molar-refractivity contribution in [1.29, 1.82) is 0 Å². The summed E-state index contributed by atoms with van der Waals surface area (Å²) in [4.78, 5) is 14.5. The van der Waals surface area contributed by atoms with Gasteiger partial charge in [0.2, 0.25) is 10.0 Å². The maximum Gasteiger partial charge on any atom is 0.251 e. The highest BCUT2D eigenvalue weighted by Gasteiger charge is 2.14. The molecule has 1 heterocycles. The molecule has 1 amide bonds. The molecule has 23 heavy (non-hydrogen) atoms. The van der Waals surface area contributed by atoms with E-state index in [4.69, 9.17) is 4.74 Å². The summed E-state index contributed by atoms with van der Waals surface area (Å²) in [6.45, 7) is 4.85. The van der Waals surface area contributed by atoms with Gasteiger partial charge < -0.3 is 10.1 Å². The Morgan fingerprint density at radius 1 is 1.30 bits per heavy atom. The summed E-state index contributed by atoms with van der Waals surface area (Å²) in [6, 6.07) is 6.00. The number of benzene rings is 1. The predicted molar refractivity (Wildman–Crippen MR) is 86.9 cm³/mol. The van der Waals surface area contributed by atoms with Crippen LogP contribution in [-0.4, -0.2) is 65.7 Å². The second kappa shape index (κ2) is 8.39. The number of nitrogens with one attached hydrogen (secondary N) is 2. The molecule has 0 aromatic heterocycles. The van der Waals surface area contributed by atoms with E-state index in [1.807, 2.05) is 0 Å². The number of rotatable bonds is 7. The number of hydrogen-bond acceptors (Lipinski definition) is 5. The first-order valence-corrected chi connectivity index (χ1v) is 9.13. The van der Waals surface area contributed by atoms with E-state index in [2.05, 4.69) is 14.9 Å². The lowest BCUT2D eigenvalue weighted by molar-refractivity contribution is 0.0374. The van der Waals surface area contributed by atoms with Crippen molar-refractivity contribution in [2.75, 3.05) is 46.4 Å². The molecule has 1 fully saturated rings. The van der Waals surface area contributed by atoms with Crippen molar-refractivity contribution in [3.05, 3.63) is 29.8 Å². The first-order valence-electron chi connectivity index (χ1n) is 7.65. The van der Waals surface area contributed by atoms with Gasteiger partial charge in [-0.25, -0.2) is 13.1 Å². The van der Waals surface area contributed by atoms with Gasteiger partial charge in [0.25, 0.3) is 5.91 Å². The normalized spacial score (nSPS) is 16.2. The van der Waals surface area contributed by atoms with Crippen LogP contribution in [0.25, 0.3) is 0 Å². The Balaban J connectivity index is 1.82. The molecule has 1 aromatic rings. The van der Waals surface area contributed by atoms with Crippen LogP contribution in [0.3, 0.4) is 0 Å². The quantitative estimate of drug-likeness (QED) is 0.684. The molecule has 0 spiro atoms. The number of ether oxygens (including phenoxy) is 1. The summed E-state index contributed by atoms with van der Waals surface area (Å²) in [6.07, 6.45) is 0.847.